The second-order valence-electron chi connectivity index (χ2n) is 12.4. The van der Waals surface area contributed by atoms with Crippen LogP contribution in [0.15, 0.2) is 67.5 Å². The zero-order valence-electron chi connectivity index (χ0n) is 25.9. The zero-order valence-corrected chi connectivity index (χ0v) is 25.9. The number of nitrogens with zero attached hydrogens (tertiary/aromatic N) is 3. The van der Waals surface area contributed by atoms with E-state index in [1.54, 1.807) is 34.7 Å². The molecule has 1 aliphatic rings. The summed E-state index contributed by atoms with van der Waals surface area (Å²) in [5.41, 5.74) is -0.501. The fourth-order valence-electron chi connectivity index (χ4n) is 6.73. The molecule has 6 aromatic rings. The Hall–Kier alpha value is -4.87. The molecule has 1 unspecified atom stereocenters. The van der Waals surface area contributed by atoms with Crippen molar-refractivity contribution in [2.24, 2.45) is 0 Å². The van der Waals surface area contributed by atoms with Crippen molar-refractivity contribution in [3.8, 4) is 0 Å². The number of hydrogen-bond donors (Lipinski definition) is 2. The van der Waals surface area contributed by atoms with Crippen molar-refractivity contribution < 1.29 is 13.6 Å². The van der Waals surface area contributed by atoms with Gasteiger partial charge in [-0.05, 0) is 65.1 Å². The van der Waals surface area contributed by atoms with Crippen LogP contribution in [0.5, 0.6) is 0 Å². The fraction of sp³-hybridized carbons (Fsp3) is 0.314. The summed E-state index contributed by atoms with van der Waals surface area (Å²) in [5.74, 6) is -1.30. The average molecular weight is 624 g/mol. The molecule has 0 aliphatic carbocycles. The first-order chi connectivity index (χ1) is 22.1. The molecule has 11 heteroatoms. The summed E-state index contributed by atoms with van der Waals surface area (Å²) in [4.78, 5) is 58.4. The molecule has 4 aromatic carbocycles. The van der Waals surface area contributed by atoms with Crippen LogP contribution in [0, 0.1) is 5.82 Å². The highest BCUT2D eigenvalue weighted by molar-refractivity contribution is 6.08. The minimum atomic E-state index is -0.697. The molecule has 0 saturated carbocycles. The highest BCUT2D eigenvalue weighted by Gasteiger charge is 2.25. The van der Waals surface area contributed by atoms with E-state index >= 15 is 4.39 Å². The lowest BCUT2D eigenvalue weighted by Gasteiger charge is -2.20. The third kappa shape index (κ3) is 4.87. The molecule has 0 spiro atoms. The number of benzene rings is 4. The van der Waals surface area contributed by atoms with Crippen molar-refractivity contribution in [2.45, 2.75) is 25.3 Å². The predicted octanol–water partition coefficient (Wildman–Crippen LogP) is 3.99. The van der Waals surface area contributed by atoms with Gasteiger partial charge in [0.15, 0.2) is 27.8 Å². The molecule has 7 rings (SSSR count). The highest BCUT2D eigenvalue weighted by atomic mass is 19.1. The summed E-state index contributed by atoms with van der Waals surface area (Å²) in [7, 11) is 5.81. The molecular weight excluding hydrogens is 589 g/mol. The number of halogens is 1. The summed E-state index contributed by atoms with van der Waals surface area (Å²) >= 11 is 0. The number of likely N-dealkylation sites (tertiary alicyclic amines) is 1. The number of anilines is 1. The van der Waals surface area contributed by atoms with E-state index in [2.05, 4.69) is 22.6 Å². The Morgan fingerprint density at radius 3 is 2.37 bits per heavy atom. The predicted molar refractivity (Wildman–Crippen MR) is 179 cm³/mol. The van der Waals surface area contributed by atoms with Crippen molar-refractivity contribution in [1.82, 2.24) is 19.5 Å². The molecule has 1 fully saturated rings. The van der Waals surface area contributed by atoms with E-state index in [1.807, 2.05) is 19.0 Å². The second kappa shape index (κ2) is 11.5. The van der Waals surface area contributed by atoms with E-state index < -0.39 is 17.2 Å². The van der Waals surface area contributed by atoms with Crippen molar-refractivity contribution >= 4 is 60.7 Å². The van der Waals surface area contributed by atoms with Gasteiger partial charge in [-0.2, -0.15) is 0 Å². The van der Waals surface area contributed by atoms with E-state index in [1.165, 1.54) is 12.3 Å². The quantitative estimate of drug-likeness (QED) is 0.193. The van der Waals surface area contributed by atoms with Gasteiger partial charge < -0.3 is 29.3 Å². The Bertz CT molecular complexity index is 2370. The summed E-state index contributed by atoms with van der Waals surface area (Å²) in [6, 6.07) is 11.2. The van der Waals surface area contributed by atoms with Gasteiger partial charge in [-0.15, -0.1) is 0 Å². The van der Waals surface area contributed by atoms with Crippen LogP contribution in [-0.2, 0) is 0 Å². The minimum absolute atomic E-state index is 0.0371. The first-order valence-electron chi connectivity index (χ1n) is 15.5. The number of nitrogens with one attached hydrogen (secondary N) is 2. The largest absolute Gasteiger partial charge is 0.451 e. The average Bonchev–Trinajstić information content (AvgIpc) is 3.45. The van der Waals surface area contributed by atoms with Crippen LogP contribution >= 0.6 is 0 Å². The molecule has 3 heterocycles. The summed E-state index contributed by atoms with van der Waals surface area (Å²) in [5, 5.41) is 6.87. The molecule has 2 aromatic heterocycles. The van der Waals surface area contributed by atoms with Gasteiger partial charge in [0.05, 0.1) is 10.9 Å². The monoisotopic (exact) mass is 623 g/mol. The molecule has 10 nitrogen and oxygen atoms in total. The molecule has 236 valence electrons. The van der Waals surface area contributed by atoms with E-state index in [-0.39, 0.29) is 54.9 Å². The standard InChI is InChI=1S/C35H34FN5O5/c1-39(2)14-12-38-35(45)25-18-41-27-16-22-23(32(43)21-9-5-4-8-20(21)31(22)42)17-28(27)46-34-29(26(36)15-24(30(34)41)33(25)44)37-11-10-19-7-6-13-40(19)3/h4-5,8-9,15-19,37H,6-7,10-14H2,1-3H3,(H,38,45). The van der Waals surface area contributed by atoms with Crippen LogP contribution in [0.1, 0.15) is 29.6 Å². The van der Waals surface area contributed by atoms with Crippen LogP contribution in [-0.4, -0.2) is 73.5 Å². The lowest BCUT2D eigenvalue weighted by Crippen LogP contribution is -2.34. The first kappa shape index (κ1) is 29.8. The Kier molecular flexibility index (Phi) is 7.45. The molecule has 0 radical (unpaired) electrons. The van der Waals surface area contributed by atoms with Gasteiger partial charge in [-0.1, -0.05) is 24.3 Å². The van der Waals surface area contributed by atoms with Crippen LogP contribution < -0.4 is 26.9 Å². The first-order valence-corrected chi connectivity index (χ1v) is 15.5. The molecular formula is C35H34FN5O5. The van der Waals surface area contributed by atoms with Gasteiger partial charge in [0.2, 0.25) is 5.43 Å². The van der Waals surface area contributed by atoms with Gasteiger partial charge in [0, 0.05) is 53.4 Å². The van der Waals surface area contributed by atoms with Gasteiger partial charge in [-0.3, -0.25) is 19.2 Å². The third-order valence-corrected chi connectivity index (χ3v) is 9.21. The summed E-state index contributed by atoms with van der Waals surface area (Å²) in [6.45, 7) is 2.34. The number of pyridine rings is 1. The van der Waals surface area contributed by atoms with Crippen LogP contribution in [0.2, 0.25) is 0 Å². The Labute approximate surface area is 262 Å². The topological polar surface area (TPSA) is 116 Å². The van der Waals surface area contributed by atoms with Crippen LogP contribution in [0.4, 0.5) is 10.1 Å². The fourth-order valence-corrected chi connectivity index (χ4v) is 6.73. The number of rotatable bonds is 8. The van der Waals surface area contributed by atoms with Crippen LogP contribution in [0.25, 0.3) is 49.1 Å². The molecule has 1 aliphatic heterocycles. The number of aromatic nitrogens is 1. The molecule has 1 atom stereocenters. The number of amides is 1. The van der Waals surface area contributed by atoms with Crippen molar-refractivity contribution in [2.75, 3.05) is 52.6 Å². The van der Waals surface area contributed by atoms with Crippen molar-refractivity contribution in [1.29, 1.82) is 0 Å². The second-order valence-corrected chi connectivity index (χ2v) is 12.4. The molecule has 2 N–H and O–H groups in total. The van der Waals surface area contributed by atoms with Crippen molar-refractivity contribution in [3.63, 3.8) is 0 Å². The van der Waals surface area contributed by atoms with Gasteiger partial charge in [-0.25, -0.2) is 4.39 Å². The van der Waals surface area contributed by atoms with Crippen molar-refractivity contribution in [3.05, 3.63) is 90.7 Å². The van der Waals surface area contributed by atoms with Crippen LogP contribution in [0.3, 0.4) is 0 Å². The Balaban J connectivity index is 1.49. The summed E-state index contributed by atoms with van der Waals surface area (Å²) < 4.78 is 23.9. The molecule has 46 heavy (non-hydrogen) atoms. The lowest BCUT2D eigenvalue weighted by molar-refractivity contribution is 0.0949. The molecule has 0 bridgehead atoms. The van der Waals surface area contributed by atoms with E-state index in [0.717, 1.165) is 31.9 Å². The maximum absolute atomic E-state index is 15.9. The molecule has 1 saturated heterocycles. The Morgan fingerprint density at radius 1 is 0.978 bits per heavy atom. The lowest BCUT2D eigenvalue weighted by atomic mass is 10.0. The number of carbonyl (C=O) groups is 1. The maximum Gasteiger partial charge on any atom is 0.256 e. The zero-order chi connectivity index (χ0) is 32.3. The smallest absolute Gasteiger partial charge is 0.256 e. The maximum atomic E-state index is 15.9. The van der Waals surface area contributed by atoms with Gasteiger partial charge >= 0.3 is 0 Å². The summed E-state index contributed by atoms with van der Waals surface area (Å²) in [6.07, 6.45) is 4.37. The van der Waals surface area contributed by atoms with E-state index in [9.17, 15) is 19.2 Å². The van der Waals surface area contributed by atoms with Gasteiger partial charge in [0.1, 0.15) is 16.8 Å². The third-order valence-electron chi connectivity index (χ3n) is 9.21. The number of hydrogen-bond acceptors (Lipinski definition) is 8. The number of fused-ring (bicyclic) bond motifs is 4. The minimum Gasteiger partial charge on any atom is -0.451 e. The number of likely N-dealkylation sites (N-methyl/N-ethyl adjacent to an activating group) is 1. The SMILES string of the molecule is CN(C)CCNC(=O)c1cn2c3cc4c(=O)c5ccccc5c(=O)c4cc3oc3c(NCCC4CCCN4C)c(F)cc(c1=O)c32. The van der Waals surface area contributed by atoms with E-state index in [0.29, 0.717) is 42.0 Å². The van der Waals surface area contributed by atoms with E-state index in [4.69, 9.17) is 4.42 Å². The Morgan fingerprint density at radius 2 is 1.70 bits per heavy atom. The van der Waals surface area contributed by atoms with Gasteiger partial charge in [0.25, 0.3) is 5.91 Å². The normalized spacial score (nSPS) is 15.7. The number of carbonyl (C=O) groups excluding carboxylic acids is 1. The molecule has 1 amide bonds. The highest BCUT2D eigenvalue weighted by Crippen LogP contribution is 2.35.